The van der Waals surface area contributed by atoms with Gasteiger partial charge in [-0.15, -0.1) is 0 Å². The molecular weight excluding hydrogens is 310 g/mol. The molecule has 1 aromatic carbocycles. The molecule has 2 N–H and O–H groups in total. The van der Waals surface area contributed by atoms with Gasteiger partial charge in [-0.2, -0.15) is 0 Å². The summed E-state index contributed by atoms with van der Waals surface area (Å²) in [5, 5.41) is 12.3. The minimum absolute atomic E-state index is 0.231. The molecule has 2 aliphatic heterocycles. The van der Waals surface area contributed by atoms with Gasteiger partial charge >= 0.3 is 5.97 Å². The van der Waals surface area contributed by atoms with Crippen LogP contribution in [0.2, 0.25) is 0 Å². The summed E-state index contributed by atoms with van der Waals surface area (Å²) < 4.78 is 10.9. The smallest absolute Gasteiger partial charge is 0.310 e. The first kappa shape index (κ1) is 16.5. The molecule has 0 aromatic heterocycles. The van der Waals surface area contributed by atoms with E-state index in [4.69, 9.17) is 9.47 Å². The third-order valence-corrected chi connectivity index (χ3v) is 4.54. The van der Waals surface area contributed by atoms with Crippen LogP contribution in [0.15, 0.2) is 36.4 Å². The number of rotatable bonds is 6. The van der Waals surface area contributed by atoms with E-state index in [1.165, 1.54) is 0 Å². The predicted octanol–water partition coefficient (Wildman–Crippen LogP) is 1.92. The van der Waals surface area contributed by atoms with Crippen LogP contribution in [0.25, 0.3) is 0 Å². The maximum absolute atomic E-state index is 12.6. The van der Waals surface area contributed by atoms with Crippen LogP contribution in [0.5, 0.6) is 5.75 Å². The molecule has 1 amide bonds. The second-order valence-corrected chi connectivity index (χ2v) is 6.07. The van der Waals surface area contributed by atoms with Crippen LogP contribution in [0.1, 0.15) is 25.5 Å². The van der Waals surface area contributed by atoms with Gasteiger partial charge in [0.05, 0.1) is 30.8 Å². The predicted molar refractivity (Wildman–Crippen MR) is 86.6 cm³/mol. The highest BCUT2D eigenvalue weighted by molar-refractivity contribution is 5.87. The van der Waals surface area contributed by atoms with Gasteiger partial charge in [-0.3, -0.25) is 9.59 Å². The molecule has 2 heterocycles. The van der Waals surface area contributed by atoms with Gasteiger partial charge in [-0.1, -0.05) is 24.3 Å². The molecule has 2 aliphatic rings. The zero-order valence-electron chi connectivity index (χ0n) is 13.6. The molecule has 0 unspecified atom stereocenters. The molecule has 1 saturated heterocycles. The highest BCUT2D eigenvalue weighted by Crippen LogP contribution is 2.39. The van der Waals surface area contributed by atoms with Crippen LogP contribution in [-0.4, -0.2) is 35.8 Å². The number of carboxylic acids is 1. The minimum Gasteiger partial charge on any atom is -0.494 e. The second-order valence-electron chi connectivity index (χ2n) is 6.07. The van der Waals surface area contributed by atoms with Crippen molar-refractivity contribution in [3.63, 3.8) is 0 Å². The van der Waals surface area contributed by atoms with E-state index in [0.29, 0.717) is 6.61 Å². The van der Waals surface area contributed by atoms with Crippen LogP contribution in [-0.2, 0) is 14.3 Å². The maximum Gasteiger partial charge on any atom is 0.310 e. The number of carbonyl (C=O) groups is 2. The van der Waals surface area contributed by atoms with E-state index in [9.17, 15) is 14.7 Å². The van der Waals surface area contributed by atoms with Gasteiger partial charge < -0.3 is 19.9 Å². The normalized spacial score (nSPS) is 28.6. The van der Waals surface area contributed by atoms with E-state index in [1.54, 1.807) is 12.2 Å². The first-order valence-corrected chi connectivity index (χ1v) is 8.11. The van der Waals surface area contributed by atoms with Crippen LogP contribution in [0, 0.1) is 11.8 Å². The Kier molecular flexibility index (Phi) is 4.57. The molecule has 0 aliphatic carbocycles. The number of carboxylic acid groups (broad SMARTS) is 1. The van der Waals surface area contributed by atoms with Crippen molar-refractivity contribution >= 4 is 11.9 Å². The monoisotopic (exact) mass is 331 g/mol. The number of aliphatic carboxylic acids is 1. The summed E-state index contributed by atoms with van der Waals surface area (Å²) in [4.78, 5) is 24.0. The standard InChI is InChI=1S/C18H21NO5/c1-3-23-12-6-4-11(5-7-12)10(2)19-17(20)15-13-8-9-14(24-13)16(15)18(21)22/h4-10,13-16H,3H2,1-2H3,(H,19,20)(H,21,22)/t10-,13+,14+,15+,16-/m0/s1. The lowest BCUT2D eigenvalue weighted by molar-refractivity contribution is -0.146. The molecule has 5 atom stereocenters. The van der Waals surface area contributed by atoms with Gasteiger partial charge in [0.25, 0.3) is 0 Å². The van der Waals surface area contributed by atoms with Crippen LogP contribution < -0.4 is 10.1 Å². The van der Waals surface area contributed by atoms with E-state index in [2.05, 4.69) is 5.32 Å². The third-order valence-electron chi connectivity index (χ3n) is 4.54. The number of benzene rings is 1. The largest absolute Gasteiger partial charge is 0.494 e. The van der Waals surface area contributed by atoms with E-state index < -0.39 is 30.0 Å². The fraction of sp³-hybridized carbons (Fsp3) is 0.444. The molecule has 0 saturated carbocycles. The average Bonchev–Trinajstić information content (AvgIpc) is 3.16. The Morgan fingerprint density at radius 1 is 1.21 bits per heavy atom. The summed E-state index contributed by atoms with van der Waals surface area (Å²) in [6, 6.07) is 7.25. The lowest BCUT2D eigenvalue weighted by atomic mass is 9.82. The second kappa shape index (κ2) is 6.65. The molecule has 1 fully saturated rings. The highest BCUT2D eigenvalue weighted by atomic mass is 16.5. The number of fused-ring (bicyclic) bond motifs is 2. The molecule has 24 heavy (non-hydrogen) atoms. The Bertz CT molecular complexity index is 654. The van der Waals surface area contributed by atoms with Gasteiger partial charge in [-0.05, 0) is 31.5 Å². The molecule has 6 heteroatoms. The van der Waals surface area contributed by atoms with Gasteiger partial charge in [0, 0.05) is 0 Å². The molecule has 3 rings (SSSR count). The van der Waals surface area contributed by atoms with Crippen molar-refractivity contribution in [2.75, 3.05) is 6.61 Å². The molecule has 2 bridgehead atoms. The molecule has 1 aromatic rings. The van der Waals surface area contributed by atoms with Crippen LogP contribution >= 0.6 is 0 Å². The molecule has 6 nitrogen and oxygen atoms in total. The number of hydrogen-bond acceptors (Lipinski definition) is 4. The average molecular weight is 331 g/mol. The number of carbonyl (C=O) groups excluding carboxylic acids is 1. The number of amides is 1. The van der Waals surface area contributed by atoms with Crippen molar-refractivity contribution in [1.29, 1.82) is 0 Å². The lowest BCUT2D eigenvalue weighted by Crippen LogP contribution is -2.43. The molecule has 0 spiro atoms. The van der Waals surface area contributed by atoms with Gasteiger partial charge in [-0.25, -0.2) is 0 Å². The van der Waals surface area contributed by atoms with Crippen LogP contribution in [0.3, 0.4) is 0 Å². The quantitative estimate of drug-likeness (QED) is 0.778. The summed E-state index contributed by atoms with van der Waals surface area (Å²) in [7, 11) is 0. The summed E-state index contributed by atoms with van der Waals surface area (Å²) in [6.07, 6.45) is 2.53. The van der Waals surface area contributed by atoms with Crippen molar-refractivity contribution in [3.8, 4) is 5.75 Å². The number of hydrogen-bond donors (Lipinski definition) is 2. The number of nitrogens with one attached hydrogen (secondary N) is 1. The Morgan fingerprint density at radius 2 is 1.83 bits per heavy atom. The molecular formula is C18H21NO5. The molecule has 128 valence electrons. The molecule has 0 radical (unpaired) electrons. The first-order chi connectivity index (χ1) is 11.5. The fourth-order valence-electron chi connectivity index (χ4n) is 3.33. The fourth-order valence-corrected chi connectivity index (χ4v) is 3.33. The summed E-state index contributed by atoms with van der Waals surface area (Å²) in [6.45, 7) is 4.38. The van der Waals surface area contributed by atoms with E-state index >= 15 is 0 Å². The van der Waals surface area contributed by atoms with Crippen molar-refractivity contribution in [2.24, 2.45) is 11.8 Å². The maximum atomic E-state index is 12.6. The van der Waals surface area contributed by atoms with E-state index in [0.717, 1.165) is 11.3 Å². The Balaban J connectivity index is 1.67. The van der Waals surface area contributed by atoms with Crippen molar-refractivity contribution < 1.29 is 24.2 Å². The van der Waals surface area contributed by atoms with Crippen molar-refractivity contribution in [3.05, 3.63) is 42.0 Å². The van der Waals surface area contributed by atoms with Crippen molar-refractivity contribution in [2.45, 2.75) is 32.1 Å². The Morgan fingerprint density at radius 3 is 2.42 bits per heavy atom. The number of ether oxygens (including phenoxy) is 2. The van der Waals surface area contributed by atoms with Gasteiger partial charge in [0.15, 0.2) is 0 Å². The van der Waals surface area contributed by atoms with Gasteiger partial charge in [0.1, 0.15) is 11.7 Å². The first-order valence-electron chi connectivity index (χ1n) is 8.11. The van der Waals surface area contributed by atoms with E-state index in [1.807, 2.05) is 38.1 Å². The SMILES string of the molecule is CCOc1ccc([C@H](C)NC(=O)[C@H]2[C@@H](C(=O)O)[C@H]3C=C[C@H]2O3)cc1. The summed E-state index contributed by atoms with van der Waals surface area (Å²) in [5.74, 6) is -2.03. The minimum atomic E-state index is -0.999. The van der Waals surface area contributed by atoms with Crippen LogP contribution in [0.4, 0.5) is 0 Å². The lowest BCUT2D eigenvalue weighted by Gasteiger charge is -2.23. The van der Waals surface area contributed by atoms with E-state index in [-0.39, 0.29) is 11.9 Å². The zero-order valence-corrected chi connectivity index (χ0v) is 13.6. The highest BCUT2D eigenvalue weighted by Gasteiger charge is 2.53. The zero-order chi connectivity index (χ0) is 17.3. The Labute approximate surface area is 140 Å². The third kappa shape index (κ3) is 3.01. The Hall–Kier alpha value is -2.34. The van der Waals surface area contributed by atoms with Crippen molar-refractivity contribution in [1.82, 2.24) is 5.32 Å². The topological polar surface area (TPSA) is 84.9 Å². The summed E-state index contributed by atoms with van der Waals surface area (Å²) in [5.41, 5.74) is 0.929. The van der Waals surface area contributed by atoms with Gasteiger partial charge in [0.2, 0.25) is 5.91 Å². The summed E-state index contributed by atoms with van der Waals surface area (Å²) >= 11 is 0.